The lowest BCUT2D eigenvalue weighted by Gasteiger charge is -2.27. The Hall–Kier alpha value is -1.49. The molecule has 0 amide bonds. The van der Waals surface area contributed by atoms with Crippen LogP contribution >= 0.6 is 0 Å². The van der Waals surface area contributed by atoms with Crippen molar-refractivity contribution in [1.29, 1.82) is 0 Å². The fourth-order valence-corrected chi connectivity index (χ4v) is 1.89. The Bertz CT molecular complexity index is 395. The van der Waals surface area contributed by atoms with Crippen LogP contribution in [0, 0.1) is 0 Å². The Morgan fingerprint density at radius 2 is 2.13 bits per heavy atom. The lowest BCUT2D eigenvalue weighted by atomic mass is 10.3. The molecule has 15 heavy (non-hydrogen) atoms. The van der Waals surface area contributed by atoms with E-state index in [1.54, 1.807) is 0 Å². The smallest absolute Gasteiger partial charge is 0.227 e. The van der Waals surface area contributed by atoms with Gasteiger partial charge < -0.3 is 10.2 Å². The Kier molecular flexibility index (Phi) is 2.10. The van der Waals surface area contributed by atoms with Crippen LogP contribution in [-0.2, 0) is 6.42 Å². The Morgan fingerprint density at radius 1 is 1.27 bits per heavy atom. The molecule has 3 rings (SSSR count). The number of anilines is 1. The molecule has 0 saturated carbocycles. The zero-order valence-electron chi connectivity index (χ0n) is 8.48. The molecule has 0 aromatic carbocycles. The van der Waals surface area contributed by atoms with E-state index < -0.39 is 0 Å². The first kappa shape index (κ1) is 8.79. The lowest BCUT2D eigenvalue weighted by Crippen LogP contribution is -2.44. The van der Waals surface area contributed by atoms with Gasteiger partial charge in [0.1, 0.15) is 0 Å². The molecule has 0 spiro atoms. The van der Waals surface area contributed by atoms with E-state index in [4.69, 9.17) is 0 Å². The van der Waals surface area contributed by atoms with Crippen LogP contribution < -0.4 is 10.2 Å². The summed E-state index contributed by atoms with van der Waals surface area (Å²) in [5, 5.41) is 3.31. The first-order chi connectivity index (χ1) is 7.43. The Balaban J connectivity index is 1.88. The number of nitrogens with one attached hydrogen (secondary N) is 1. The number of fused-ring (bicyclic) bond motifs is 1. The fourth-order valence-electron chi connectivity index (χ4n) is 1.89. The van der Waals surface area contributed by atoms with E-state index in [2.05, 4.69) is 25.2 Å². The normalized spacial score (nSPS) is 19.3. The van der Waals surface area contributed by atoms with Gasteiger partial charge in [-0.1, -0.05) is 0 Å². The van der Waals surface area contributed by atoms with Crippen LogP contribution in [-0.4, -0.2) is 42.4 Å². The van der Waals surface area contributed by atoms with Crippen LogP contribution in [0.15, 0.2) is 11.2 Å². The van der Waals surface area contributed by atoms with Crippen molar-refractivity contribution >= 4 is 18.0 Å². The van der Waals surface area contributed by atoms with Crippen LogP contribution in [0.25, 0.3) is 0 Å². The molecule has 0 atom stereocenters. The average molecular weight is 203 g/mol. The van der Waals surface area contributed by atoms with Gasteiger partial charge in [-0.05, 0) is 0 Å². The molecule has 1 aromatic heterocycles. The standard InChI is InChI=1S/C10H13N5/c1-2-12-9-8(1)7-13-10(14-9)15-5-3-11-4-6-15/h2,7,11H,1,3-6H2. The molecule has 2 aliphatic heterocycles. The molecule has 3 heterocycles. The Morgan fingerprint density at radius 3 is 3.00 bits per heavy atom. The summed E-state index contributed by atoms with van der Waals surface area (Å²) in [6, 6.07) is 0. The van der Waals surface area contributed by atoms with E-state index >= 15 is 0 Å². The zero-order valence-corrected chi connectivity index (χ0v) is 8.48. The molecule has 0 unspecified atom stereocenters. The van der Waals surface area contributed by atoms with Crippen molar-refractivity contribution in [3.63, 3.8) is 0 Å². The molecule has 5 nitrogen and oxygen atoms in total. The highest BCUT2D eigenvalue weighted by Gasteiger charge is 2.16. The first-order valence-corrected chi connectivity index (χ1v) is 5.27. The van der Waals surface area contributed by atoms with Crippen LogP contribution in [0.3, 0.4) is 0 Å². The summed E-state index contributed by atoms with van der Waals surface area (Å²) in [7, 11) is 0. The fraction of sp³-hybridized carbons (Fsp3) is 0.500. The van der Waals surface area contributed by atoms with Gasteiger partial charge in [0.05, 0.1) is 0 Å². The maximum Gasteiger partial charge on any atom is 0.227 e. The van der Waals surface area contributed by atoms with Crippen molar-refractivity contribution in [2.75, 3.05) is 31.1 Å². The highest BCUT2D eigenvalue weighted by atomic mass is 15.3. The zero-order chi connectivity index (χ0) is 10.1. The van der Waals surface area contributed by atoms with E-state index in [1.165, 1.54) is 0 Å². The van der Waals surface area contributed by atoms with Gasteiger partial charge in [0.25, 0.3) is 0 Å². The van der Waals surface area contributed by atoms with Crippen LogP contribution in [0.4, 0.5) is 11.8 Å². The second-order valence-corrected chi connectivity index (χ2v) is 3.77. The molecule has 0 aliphatic carbocycles. The summed E-state index contributed by atoms with van der Waals surface area (Å²) in [6.07, 6.45) is 4.66. The first-order valence-electron chi connectivity index (χ1n) is 5.27. The maximum absolute atomic E-state index is 4.47. The number of aromatic nitrogens is 2. The summed E-state index contributed by atoms with van der Waals surface area (Å²) < 4.78 is 0. The second-order valence-electron chi connectivity index (χ2n) is 3.77. The largest absolute Gasteiger partial charge is 0.338 e. The third-order valence-corrected chi connectivity index (χ3v) is 2.75. The number of rotatable bonds is 1. The molecule has 0 radical (unpaired) electrons. The van der Waals surface area contributed by atoms with Crippen molar-refractivity contribution in [3.8, 4) is 0 Å². The van der Waals surface area contributed by atoms with Crippen molar-refractivity contribution in [3.05, 3.63) is 11.8 Å². The summed E-state index contributed by atoms with van der Waals surface area (Å²) in [5.74, 6) is 1.66. The van der Waals surface area contributed by atoms with E-state index in [0.29, 0.717) is 0 Å². The maximum atomic E-state index is 4.47. The van der Waals surface area contributed by atoms with E-state index in [1.807, 2.05) is 12.4 Å². The van der Waals surface area contributed by atoms with Crippen molar-refractivity contribution in [2.24, 2.45) is 4.99 Å². The molecule has 78 valence electrons. The van der Waals surface area contributed by atoms with Crippen LogP contribution in [0.5, 0.6) is 0 Å². The predicted molar refractivity (Wildman–Crippen MR) is 59.0 cm³/mol. The van der Waals surface area contributed by atoms with Gasteiger partial charge in [0, 0.05) is 50.6 Å². The summed E-state index contributed by atoms with van der Waals surface area (Å²) in [6.45, 7) is 3.96. The van der Waals surface area contributed by atoms with Gasteiger partial charge in [-0.15, -0.1) is 0 Å². The third-order valence-electron chi connectivity index (χ3n) is 2.75. The van der Waals surface area contributed by atoms with Crippen molar-refractivity contribution < 1.29 is 0 Å². The molecule has 2 aliphatic rings. The third kappa shape index (κ3) is 1.59. The minimum absolute atomic E-state index is 0.814. The van der Waals surface area contributed by atoms with E-state index in [0.717, 1.165) is 49.9 Å². The topological polar surface area (TPSA) is 53.4 Å². The van der Waals surface area contributed by atoms with E-state index in [-0.39, 0.29) is 0 Å². The van der Waals surface area contributed by atoms with Gasteiger partial charge >= 0.3 is 0 Å². The molecular formula is C10H13N5. The van der Waals surface area contributed by atoms with Gasteiger partial charge in [-0.2, -0.15) is 4.98 Å². The minimum atomic E-state index is 0.814. The van der Waals surface area contributed by atoms with Crippen molar-refractivity contribution in [1.82, 2.24) is 15.3 Å². The second kappa shape index (κ2) is 3.58. The molecule has 0 bridgehead atoms. The number of aliphatic imine (C=N–C) groups is 1. The van der Waals surface area contributed by atoms with Gasteiger partial charge in [-0.25, -0.2) is 9.98 Å². The minimum Gasteiger partial charge on any atom is -0.338 e. The number of hydrogen-bond donors (Lipinski definition) is 1. The molecule has 1 N–H and O–H groups in total. The van der Waals surface area contributed by atoms with Gasteiger partial charge in [-0.3, -0.25) is 0 Å². The number of hydrogen-bond acceptors (Lipinski definition) is 5. The predicted octanol–water partition coefficient (Wildman–Crippen LogP) is 0.145. The quantitative estimate of drug-likeness (QED) is 0.705. The molecule has 1 saturated heterocycles. The average Bonchev–Trinajstić information content (AvgIpc) is 2.77. The Labute approximate surface area is 88.3 Å². The monoisotopic (exact) mass is 203 g/mol. The molecule has 1 aromatic rings. The molecule has 5 heteroatoms. The molecular weight excluding hydrogens is 190 g/mol. The lowest BCUT2D eigenvalue weighted by molar-refractivity contribution is 0.580. The number of nitrogens with zero attached hydrogens (tertiary/aromatic N) is 4. The SMILES string of the molecule is C1=Nc2nc(N3CCNCC3)ncc2C1. The van der Waals surface area contributed by atoms with Crippen LogP contribution in [0.1, 0.15) is 5.56 Å². The van der Waals surface area contributed by atoms with Crippen LogP contribution in [0.2, 0.25) is 0 Å². The van der Waals surface area contributed by atoms with Gasteiger partial charge in [0.2, 0.25) is 5.95 Å². The summed E-state index contributed by atoms with van der Waals surface area (Å²) >= 11 is 0. The number of piperazine rings is 1. The van der Waals surface area contributed by atoms with E-state index in [9.17, 15) is 0 Å². The van der Waals surface area contributed by atoms with Gasteiger partial charge in [0.15, 0.2) is 5.82 Å². The molecule has 1 fully saturated rings. The van der Waals surface area contributed by atoms with Crippen molar-refractivity contribution in [2.45, 2.75) is 6.42 Å². The highest BCUT2D eigenvalue weighted by Crippen LogP contribution is 2.22. The summed E-state index contributed by atoms with van der Waals surface area (Å²) in [4.78, 5) is 15.3. The summed E-state index contributed by atoms with van der Waals surface area (Å²) in [5.41, 5.74) is 1.13. The highest BCUT2D eigenvalue weighted by molar-refractivity contribution is 5.73.